The van der Waals surface area contributed by atoms with Crippen LogP contribution >= 0.6 is 0 Å². The SMILES string of the molecule is Cc1cocc1C(NN)C1(C)CC1F. The molecule has 0 bridgehead atoms. The highest BCUT2D eigenvalue weighted by Crippen LogP contribution is 2.56. The maximum atomic E-state index is 13.2. The first-order valence-electron chi connectivity index (χ1n) is 4.72. The Bertz CT molecular complexity index is 339. The van der Waals surface area contributed by atoms with E-state index in [1.54, 1.807) is 12.5 Å². The van der Waals surface area contributed by atoms with Gasteiger partial charge >= 0.3 is 0 Å². The molecule has 0 radical (unpaired) electrons. The first-order chi connectivity index (χ1) is 6.59. The van der Waals surface area contributed by atoms with Crippen LogP contribution < -0.4 is 11.3 Å². The Morgan fingerprint density at radius 1 is 1.71 bits per heavy atom. The van der Waals surface area contributed by atoms with E-state index < -0.39 is 6.17 Å². The first kappa shape index (κ1) is 9.68. The highest BCUT2D eigenvalue weighted by molar-refractivity contribution is 5.28. The Labute approximate surface area is 82.4 Å². The second kappa shape index (κ2) is 3.07. The number of alkyl halides is 1. The van der Waals surface area contributed by atoms with Crippen molar-refractivity contribution in [1.82, 2.24) is 5.43 Å². The Hall–Kier alpha value is -0.870. The van der Waals surface area contributed by atoms with Gasteiger partial charge in [0.05, 0.1) is 18.6 Å². The average molecular weight is 198 g/mol. The normalized spacial score (nSPS) is 33.0. The van der Waals surface area contributed by atoms with Crippen LogP contribution in [0.2, 0.25) is 0 Å². The summed E-state index contributed by atoms with van der Waals surface area (Å²) in [5.41, 5.74) is 4.27. The predicted octanol–water partition coefficient (Wildman–Crippen LogP) is 1.84. The topological polar surface area (TPSA) is 51.2 Å². The molecule has 1 aliphatic rings. The Morgan fingerprint density at radius 3 is 2.71 bits per heavy atom. The lowest BCUT2D eigenvalue weighted by atomic mass is 9.92. The Balaban J connectivity index is 2.27. The van der Waals surface area contributed by atoms with Crippen LogP contribution in [0.3, 0.4) is 0 Å². The zero-order valence-electron chi connectivity index (χ0n) is 8.38. The lowest BCUT2D eigenvalue weighted by molar-refractivity contribution is 0.293. The summed E-state index contributed by atoms with van der Waals surface area (Å²) in [6, 6.07) is -0.156. The Kier molecular flexibility index (Phi) is 2.12. The minimum atomic E-state index is -0.766. The molecule has 3 unspecified atom stereocenters. The van der Waals surface area contributed by atoms with Gasteiger partial charge in [-0.15, -0.1) is 0 Å². The van der Waals surface area contributed by atoms with Gasteiger partial charge in [-0.2, -0.15) is 0 Å². The maximum Gasteiger partial charge on any atom is 0.108 e. The van der Waals surface area contributed by atoms with Crippen molar-refractivity contribution in [2.75, 3.05) is 0 Å². The summed E-state index contributed by atoms with van der Waals surface area (Å²) in [6.07, 6.45) is 3.08. The van der Waals surface area contributed by atoms with E-state index in [4.69, 9.17) is 10.3 Å². The van der Waals surface area contributed by atoms with Crippen LogP contribution in [-0.4, -0.2) is 6.17 Å². The fourth-order valence-electron chi connectivity index (χ4n) is 1.93. The molecule has 78 valence electrons. The third-order valence-corrected chi connectivity index (χ3v) is 3.21. The monoisotopic (exact) mass is 198 g/mol. The van der Waals surface area contributed by atoms with Crippen molar-refractivity contribution in [1.29, 1.82) is 0 Å². The van der Waals surface area contributed by atoms with Gasteiger partial charge in [0.25, 0.3) is 0 Å². The number of rotatable bonds is 3. The first-order valence-corrected chi connectivity index (χ1v) is 4.72. The maximum absolute atomic E-state index is 13.2. The van der Waals surface area contributed by atoms with Crippen molar-refractivity contribution >= 4 is 0 Å². The standard InChI is InChI=1S/C10H15FN2O/c1-6-4-14-5-7(6)9(13-12)10(2)3-8(10)11/h4-5,8-9,13H,3,12H2,1-2H3. The lowest BCUT2D eigenvalue weighted by Crippen LogP contribution is -2.34. The van der Waals surface area contributed by atoms with E-state index in [1.807, 2.05) is 13.8 Å². The second-order valence-electron chi connectivity index (χ2n) is 4.29. The smallest absolute Gasteiger partial charge is 0.108 e. The molecule has 1 heterocycles. The van der Waals surface area contributed by atoms with Crippen LogP contribution in [0, 0.1) is 12.3 Å². The molecular weight excluding hydrogens is 183 g/mol. The molecule has 3 nitrogen and oxygen atoms in total. The molecule has 1 aliphatic carbocycles. The largest absolute Gasteiger partial charge is 0.472 e. The molecule has 0 aliphatic heterocycles. The van der Waals surface area contributed by atoms with Crippen LogP contribution in [-0.2, 0) is 0 Å². The number of halogens is 1. The molecule has 0 amide bonds. The number of hydrogen-bond acceptors (Lipinski definition) is 3. The summed E-state index contributed by atoms with van der Waals surface area (Å²) in [7, 11) is 0. The number of furan rings is 1. The molecule has 14 heavy (non-hydrogen) atoms. The summed E-state index contributed by atoms with van der Waals surface area (Å²) in [4.78, 5) is 0. The highest BCUT2D eigenvalue weighted by Gasteiger charge is 2.57. The van der Waals surface area contributed by atoms with Crippen LogP contribution in [0.15, 0.2) is 16.9 Å². The minimum absolute atomic E-state index is 0.156. The van der Waals surface area contributed by atoms with E-state index in [-0.39, 0.29) is 11.5 Å². The fraction of sp³-hybridized carbons (Fsp3) is 0.600. The average Bonchev–Trinajstić information content (AvgIpc) is 2.57. The summed E-state index contributed by atoms with van der Waals surface area (Å²) >= 11 is 0. The third kappa shape index (κ3) is 1.26. The van der Waals surface area contributed by atoms with Gasteiger partial charge in [-0.1, -0.05) is 6.92 Å². The molecule has 1 fully saturated rings. The minimum Gasteiger partial charge on any atom is -0.472 e. The molecule has 4 heteroatoms. The molecule has 2 rings (SSSR count). The van der Waals surface area contributed by atoms with Crippen molar-refractivity contribution in [3.8, 4) is 0 Å². The van der Waals surface area contributed by atoms with Crippen molar-refractivity contribution < 1.29 is 8.81 Å². The van der Waals surface area contributed by atoms with Gasteiger partial charge in [-0.05, 0) is 18.9 Å². The van der Waals surface area contributed by atoms with Crippen LogP contribution in [0.4, 0.5) is 4.39 Å². The van der Waals surface area contributed by atoms with Gasteiger partial charge in [0, 0.05) is 11.0 Å². The van der Waals surface area contributed by atoms with Gasteiger partial charge in [0.1, 0.15) is 6.17 Å². The van der Waals surface area contributed by atoms with E-state index >= 15 is 0 Å². The van der Waals surface area contributed by atoms with Crippen LogP contribution in [0.5, 0.6) is 0 Å². The number of hydrazine groups is 1. The van der Waals surface area contributed by atoms with E-state index in [2.05, 4.69) is 5.43 Å². The molecular formula is C10H15FN2O. The molecule has 1 aromatic heterocycles. The predicted molar refractivity (Wildman–Crippen MR) is 51.1 cm³/mol. The second-order valence-corrected chi connectivity index (χ2v) is 4.29. The molecule has 3 atom stereocenters. The summed E-state index contributed by atoms with van der Waals surface area (Å²) in [5.74, 6) is 5.46. The van der Waals surface area contributed by atoms with Gasteiger partial charge < -0.3 is 4.42 Å². The quantitative estimate of drug-likeness (QED) is 0.575. The number of hydrogen-bond donors (Lipinski definition) is 2. The zero-order valence-corrected chi connectivity index (χ0v) is 8.38. The summed E-state index contributed by atoms with van der Waals surface area (Å²) in [5, 5.41) is 0. The van der Waals surface area contributed by atoms with E-state index in [9.17, 15) is 4.39 Å². The fourth-order valence-corrected chi connectivity index (χ4v) is 1.93. The number of nitrogens with two attached hydrogens (primary N) is 1. The van der Waals surface area contributed by atoms with E-state index in [0.717, 1.165) is 11.1 Å². The molecule has 0 aromatic carbocycles. The van der Waals surface area contributed by atoms with Gasteiger partial charge in [0.2, 0.25) is 0 Å². The molecule has 0 spiro atoms. The molecule has 0 saturated heterocycles. The van der Waals surface area contributed by atoms with Crippen molar-refractivity contribution in [3.05, 3.63) is 23.7 Å². The molecule has 1 saturated carbocycles. The summed E-state index contributed by atoms with van der Waals surface area (Å²) < 4.78 is 18.3. The van der Waals surface area contributed by atoms with Gasteiger partial charge in [0.15, 0.2) is 0 Å². The highest BCUT2D eigenvalue weighted by atomic mass is 19.1. The third-order valence-electron chi connectivity index (χ3n) is 3.21. The summed E-state index contributed by atoms with van der Waals surface area (Å²) in [6.45, 7) is 3.83. The molecule has 1 aromatic rings. The van der Waals surface area contributed by atoms with E-state index in [0.29, 0.717) is 6.42 Å². The van der Waals surface area contributed by atoms with Crippen LogP contribution in [0.1, 0.15) is 30.5 Å². The molecule has 3 N–H and O–H groups in total. The Morgan fingerprint density at radius 2 is 2.36 bits per heavy atom. The lowest BCUT2D eigenvalue weighted by Gasteiger charge is -2.22. The number of aryl methyl sites for hydroxylation is 1. The van der Waals surface area contributed by atoms with Gasteiger partial charge in [-0.3, -0.25) is 11.3 Å². The van der Waals surface area contributed by atoms with Crippen molar-refractivity contribution in [2.24, 2.45) is 11.3 Å². The number of nitrogens with one attached hydrogen (secondary N) is 1. The van der Waals surface area contributed by atoms with Crippen LogP contribution in [0.25, 0.3) is 0 Å². The van der Waals surface area contributed by atoms with Crippen molar-refractivity contribution in [2.45, 2.75) is 32.5 Å². The van der Waals surface area contributed by atoms with Crippen molar-refractivity contribution in [3.63, 3.8) is 0 Å². The zero-order chi connectivity index (χ0) is 10.3. The van der Waals surface area contributed by atoms with Gasteiger partial charge in [-0.25, -0.2) is 4.39 Å². The van der Waals surface area contributed by atoms with E-state index in [1.165, 1.54) is 0 Å².